The van der Waals surface area contributed by atoms with Gasteiger partial charge in [-0.2, -0.15) is 0 Å². The van der Waals surface area contributed by atoms with E-state index in [-0.39, 0.29) is 17.1 Å². The maximum Gasteiger partial charge on any atom is 0.335 e. The van der Waals surface area contributed by atoms with Gasteiger partial charge in [0.05, 0.1) is 5.56 Å². The summed E-state index contributed by atoms with van der Waals surface area (Å²) in [6.45, 7) is 0. The fraction of sp³-hybridized carbons (Fsp3) is 0. The van der Waals surface area contributed by atoms with E-state index in [1.807, 2.05) is 36.4 Å². The highest BCUT2D eigenvalue weighted by atomic mass is 16.4. The lowest BCUT2D eigenvalue weighted by Crippen LogP contribution is -2.04. The highest BCUT2D eigenvalue weighted by molar-refractivity contribution is 6.22. The van der Waals surface area contributed by atoms with Crippen LogP contribution in [0, 0.1) is 0 Å². The lowest BCUT2D eigenvalue weighted by Gasteiger charge is -2.10. The van der Waals surface area contributed by atoms with Crippen LogP contribution < -0.4 is 0 Å². The first kappa shape index (κ1) is 15.8. The molecule has 0 bridgehead atoms. The summed E-state index contributed by atoms with van der Waals surface area (Å²) in [6.07, 6.45) is 0. The Balaban J connectivity index is 1.95. The predicted molar refractivity (Wildman–Crippen MR) is 100.0 cm³/mol. The standard InChI is InChI=1S/C22H14O4/c23-20-11-10-18(16-9-8-14(22(25)26)12-19(16)20)21(24)17-7-3-5-13-4-1-2-6-15(13)17/h1-12,23H,(H,25,26). The van der Waals surface area contributed by atoms with Crippen molar-refractivity contribution in [2.45, 2.75) is 0 Å². The van der Waals surface area contributed by atoms with Crippen molar-refractivity contribution in [1.82, 2.24) is 0 Å². The number of rotatable bonds is 3. The van der Waals surface area contributed by atoms with Crippen LogP contribution in [0.3, 0.4) is 0 Å². The van der Waals surface area contributed by atoms with E-state index in [9.17, 15) is 14.7 Å². The number of ketones is 1. The first-order valence-corrected chi connectivity index (χ1v) is 8.08. The van der Waals surface area contributed by atoms with Crippen LogP contribution in [0.4, 0.5) is 0 Å². The topological polar surface area (TPSA) is 74.6 Å². The van der Waals surface area contributed by atoms with Gasteiger partial charge in [-0.05, 0) is 40.4 Å². The number of carbonyl (C=O) groups is 2. The van der Waals surface area contributed by atoms with E-state index in [4.69, 9.17) is 5.11 Å². The van der Waals surface area contributed by atoms with Gasteiger partial charge in [0.15, 0.2) is 5.78 Å². The van der Waals surface area contributed by atoms with Gasteiger partial charge < -0.3 is 10.2 Å². The number of fused-ring (bicyclic) bond motifs is 2. The summed E-state index contributed by atoms with van der Waals surface area (Å²) in [5, 5.41) is 22.0. The zero-order valence-electron chi connectivity index (χ0n) is 13.6. The van der Waals surface area contributed by atoms with Gasteiger partial charge in [-0.3, -0.25) is 4.79 Å². The predicted octanol–water partition coefficient (Wildman–Crippen LogP) is 4.63. The van der Waals surface area contributed by atoms with Crippen LogP contribution in [0.15, 0.2) is 72.8 Å². The Morgan fingerprint density at radius 2 is 1.42 bits per heavy atom. The molecule has 0 radical (unpaired) electrons. The van der Waals surface area contributed by atoms with E-state index in [2.05, 4.69) is 0 Å². The molecule has 0 atom stereocenters. The Kier molecular flexibility index (Phi) is 3.66. The molecule has 0 aliphatic rings. The second kappa shape index (κ2) is 6.01. The molecule has 4 heteroatoms. The summed E-state index contributed by atoms with van der Waals surface area (Å²) in [7, 11) is 0. The molecule has 0 fully saturated rings. The smallest absolute Gasteiger partial charge is 0.335 e. The van der Waals surface area contributed by atoms with E-state index in [0.717, 1.165) is 10.8 Å². The number of benzene rings is 4. The number of carboxylic acid groups (broad SMARTS) is 1. The molecular formula is C22H14O4. The van der Waals surface area contributed by atoms with Gasteiger partial charge in [0.2, 0.25) is 0 Å². The number of aromatic hydroxyl groups is 1. The van der Waals surface area contributed by atoms with Crippen LogP contribution in [0.2, 0.25) is 0 Å². The molecule has 26 heavy (non-hydrogen) atoms. The Labute approximate surface area is 148 Å². The van der Waals surface area contributed by atoms with E-state index in [0.29, 0.717) is 21.9 Å². The Bertz CT molecular complexity index is 1190. The summed E-state index contributed by atoms with van der Waals surface area (Å²) in [6, 6.07) is 20.6. The van der Waals surface area contributed by atoms with Gasteiger partial charge in [0.1, 0.15) is 5.75 Å². The summed E-state index contributed by atoms with van der Waals surface area (Å²) in [5.41, 5.74) is 1.05. The van der Waals surface area contributed by atoms with Crippen LogP contribution in [0.25, 0.3) is 21.5 Å². The number of aromatic carboxylic acids is 1. The maximum atomic E-state index is 13.2. The third-order valence-corrected chi connectivity index (χ3v) is 4.52. The van der Waals surface area contributed by atoms with Crippen LogP contribution in [0.1, 0.15) is 26.3 Å². The SMILES string of the molecule is O=C(O)c1ccc2c(C(=O)c3cccc4ccccc34)ccc(O)c2c1. The maximum absolute atomic E-state index is 13.2. The summed E-state index contributed by atoms with van der Waals surface area (Å²) < 4.78 is 0. The molecule has 2 N–H and O–H groups in total. The zero-order valence-corrected chi connectivity index (χ0v) is 13.6. The summed E-state index contributed by atoms with van der Waals surface area (Å²) >= 11 is 0. The second-order valence-corrected chi connectivity index (χ2v) is 6.05. The fourth-order valence-electron chi connectivity index (χ4n) is 3.23. The fourth-order valence-corrected chi connectivity index (χ4v) is 3.23. The molecule has 4 rings (SSSR count). The van der Waals surface area contributed by atoms with Gasteiger partial charge in [-0.25, -0.2) is 4.79 Å². The molecule has 0 heterocycles. The van der Waals surface area contributed by atoms with E-state index < -0.39 is 5.97 Å². The number of carbonyl (C=O) groups excluding carboxylic acids is 1. The normalized spacial score (nSPS) is 10.9. The minimum Gasteiger partial charge on any atom is -0.507 e. The minimum absolute atomic E-state index is 0.0578. The molecule has 0 aliphatic heterocycles. The van der Waals surface area contributed by atoms with Crippen molar-refractivity contribution in [1.29, 1.82) is 0 Å². The molecule has 0 aliphatic carbocycles. The van der Waals surface area contributed by atoms with Crippen LogP contribution in [0.5, 0.6) is 5.75 Å². The Morgan fingerprint density at radius 1 is 0.692 bits per heavy atom. The van der Waals surface area contributed by atoms with Crippen molar-refractivity contribution < 1.29 is 19.8 Å². The Morgan fingerprint density at radius 3 is 2.23 bits per heavy atom. The molecule has 4 nitrogen and oxygen atoms in total. The Hall–Kier alpha value is -3.66. The third kappa shape index (κ3) is 2.48. The van der Waals surface area contributed by atoms with Gasteiger partial charge in [-0.1, -0.05) is 48.5 Å². The number of phenols is 1. The molecule has 0 unspecified atom stereocenters. The lowest BCUT2D eigenvalue weighted by atomic mass is 9.93. The molecule has 0 amide bonds. The molecule has 0 saturated heterocycles. The molecule has 4 aromatic rings. The molecule has 0 saturated carbocycles. The van der Waals surface area contributed by atoms with Gasteiger partial charge in [-0.15, -0.1) is 0 Å². The quantitative estimate of drug-likeness (QED) is 0.532. The van der Waals surface area contributed by atoms with Crippen molar-refractivity contribution in [3.63, 3.8) is 0 Å². The number of carboxylic acids is 1. The average molecular weight is 342 g/mol. The van der Waals surface area contributed by atoms with Crippen LogP contribution >= 0.6 is 0 Å². The number of hydrogen-bond acceptors (Lipinski definition) is 3. The number of hydrogen-bond donors (Lipinski definition) is 2. The highest BCUT2D eigenvalue weighted by Crippen LogP contribution is 2.31. The van der Waals surface area contributed by atoms with Crippen molar-refractivity contribution in [3.05, 3.63) is 89.5 Å². The van der Waals surface area contributed by atoms with Crippen LogP contribution in [-0.4, -0.2) is 22.0 Å². The summed E-state index contributed by atoms with van der Waals surface area (Å²) in [4.78, 5) is 24.4. The summed E-state index contributed by atoms with van der Waals surface area (Å²) in [5.74, 6) is -1.32. The van der Waals surface area contributed by atoms with Crippen LogP contribution in [-0.2, 0) is 0 Å². The van der Waals surface area contributed by atoms with E-state index in [1.165, 1.54) is 18.2 Å². The lowest BCUT2D eigenvalue weighted by molar-refractivity contribution is 0.0697. The zero-order chi connectivity index (χ0) is 18.3. The number of phenolic OH excluding ortho intramolecular Hbond substituents is 1. The van der Waals surface area contributed by atoms with Gasteiger partial charge in [0, 0.05) is 16.5 Å². The van der Waals surface area contributed by atoms with Gasteiger partial charge in [0.25, 0.3) is 0 Å². The van der Waals surface area contributed by atoms with Crippen molar-refractivity contribution in [2.75, 3.05) is 0 Å². The molecule has 126 valence electrons. The highest BCUT2D eigenvalue weighted by Gasteiger charge is 2.17. The molecule has 4 aromatic carbocycles. The first-order valence-electron chi connectivity index (χ1n) is 8.08. The average Bonchev–Trinajstić information content (AvgIpc) is 2.67. The monoisotopic (exact) mass is 342 g/mol. The van der Waals surface area contributed by atoms with E-state index >= 15 is 0 Å². The molecular weight excluding hydrogens is 328 g/mol. The molecule has 0 spiro atoms. The first-order chi connectivity index (χ1) is 12.6. The third-order valence-electron chi connectivity index (χ3n) is 4.52. The van der Waals surface area contributed by atoms with Gasteiger partial charge >= 0.3 is 5.97 Å². The van der Waals surface area contributed by atoms with Crippen molar-refractivity contribution >= 4 is 33.3 Å². The molecule has 0 aromatic heterocycles. The van der Waals surface area contributed by atoms with Crippen molar-refractivity contribution in [3.8, 4) is 5.75 Å². The largest absolute Gasteiger partial charge is 0.507 e. The van der Waals surface area contributed by atoms with E-state index in [1.54, 1.807) is 18.2 Å². The van der Waals surface area contributed by atoms with Crippen molar-refractivity contribution in [2.24, 2.45) is 0 Å². The minimum atomic E-state index is -1.09. The second-order valence-electron chi connectivity index (χ2n) is 6.05.